The van der Waals surface area contributed by atoms with Crippen molar-refractivity contribution in [2.45, 2.75) is 0 Å². The molecule has 3 rings (SSSR count). The standard InChI is InChI=1S/C12H5BrCl3N3/c13-7-2-1-5(14)3-6(7)11-17-9-4-8(15)10(16)18-12(9)19-11/h1-4H,(H,17,18,19). The second kappa shape index (κ2) is 4.94. The molecule has 3 aromatic rings. The molecular weight excluding hydrogens is 372 g/mol. The fourth-order valence-electron chi connectivity index (χ4n) is 1.70. The van der Waals surface area contributed by atoms with Crippen LogP contribution in [0.1, 0.15) is 0 Å². The second-order valence-corrected chi connectivity index (χ2v) is 5.90. The Labute approximate surface area is 132 Å². The summed E-state index contributed by atoms with van der Waals surface area (Å²) in [5, 5.41) is 1.24. The monoisotopic (exact) mass is 375 g/mol. The van der Waals surface area contributed by atoms with E-state index < -0.39 is 0 Å². The van der Waals surface area contributed by atoms with E-state index in [9.17, 15) is 0 Å². The number of hydrogen-bond donors (Lipinski definition) is 1. The summed E-state index contributed by atoms with van der Waals surface area (Å²) in [6.45, 7) is 0. The van der Waals surface area contributed by atoms with E-state index in [4.69, 9.17) is 34.8 Å². The fraction of sp³-hybridized carbons (Fsp3) is 0. The molecule has 0 aliphatic carbocycles. The summed E-state index contributed by atoms with van der Waals surface area (Å²) in [5.41, 5.74) is 2.07. The molecule has 0 radical (unpaired) electrons. The van der Waals surface area contributed by atoms with Gasteiger partial charge in [0.2, 0.25) is 0 Å². The Bertz CT molecular complexity index is 746. The zero-order valence-corrected chi connectivity index (χ0v) is 13.1. The first kappa shape index (κ1) is 13.2. The fourth-order valence-corrected chi connectivity index (χ4v) is 2.60. The first-order valence-electron chi connectivity index (χ1n) is 5.22. The average Bonchev–Trinajstić information content (AvgIpc) is 2.75. The van der Waals surface area contributed by atoms with Gasteiger partial charge in [0.05, 0.1) is 10.5 Å². The highest BCUT2D eigenvalue weighted by molar-refractivity contribution is 9.10. The molecule has 0 saturated heterocycles. The zero-order chi connectivity index (χ0) is 13.6. The number of aromatic amines is 1. The van der Waals surface area contributed by atoms with Crippen molar-refractivity contribution in [3.63, 3.8) is 0 Å². The van der Waals surface area contributed by atoms with Crippen molar-refractivity contribution in [2.75, 3.05) is 0 Å². The van der Waals surface area contributed by atoms with E-state index in [2.05, 4.69) is 30.9 Å². The lowest BCUT2D eigenvalue weighted by atomic mass is 10.2. The SMILES string of the molecule is Clc1ccc(Br)c(-c2nc3nc(Cl)c(Cl)cc3[nH]2)c1. The van der Waals surface area contributed by atoms with Crippen molar-refractivity contribution in [1.82, 2.24) is 15.0 Å². The molecule has 3 nitrogen and oxygen atoms in total. The van der Waals surface area contributed by atoms with Crippen molar-refractivity contribution in [1.29, 1.82) is 0 Å². The minimum Gasteiger partial charge on any atom is -0.336 e. The summed E-state index contributed by atoms with van der Waals surface area (Å²) in [6.07, 6.45) is 0. The molecule has 0 atom stereocenters. The molecule has 0 fully saturated rings. The minimum absolute atomic E-state index is 0.234. The quantitative estimate of drug-likeness (QED) is 0.581. The Balaban J connectivity index is 2.23. The first-order chi connectivity index (χ1) is 9.04. The van der Waals surface area contributed by atoms with Crippen LogP contribution in [0.3, 0.4) is 0 Å². The second-order valence-electron chi connectivity index (χ2n) is 3.84. The predicted octanol–water partition coefficient (Wildman–Crippen LogP) is 5.35. The Morgan fingerprint density at radius 2 is 1.84 bits per heavy atom. The smallest absolute Gasteiger partial charge is 0.179 e. The first-order valence-corrected chi connectivity index (χ1v) is 7.14. The van der Waals surface area contributed by atoms with Gasteiger partial charge in [-0.05, 0) is 24.3 Å². The van der Waals surface area contributed by atoms with Gasteiger partial charge in [0.1, 0.15) is 11.0 Å². The molecule has 0 bridgehead atoms. The van der Waals surface area contributed by atoms with Crippen LogP contribution in [-0.2, 0) is 0 Å². The number of benzene rings is 1. The number of rotatable bonds is 1. The molecule has 0 unspecified atom stereocenters. The lowest BCUT2D eigenvalue weighted by Gasteiger charge is -2.00. The molecule has 1 N–H and O–H groups in total. The molecule has 2 heterocycles. The summed E-state index contributed by atoms with van der Waals surface area (Å²) in [6, 6.07) is 7.16. The van der Waals surface area contributed by atoms with E-state index in [1.165, 1.54) is 0 Å². The molecule has 0 spiro atoms. The summed E-state index contributed by atoms with van der Waals surface area (Å²) in [4.78, 5) is 11.6. The maximum Gasteiger partial charge on any atom is 0.179 e. The minimum atomic E-state index is 0.234. The van der Waals surface area contributed by atoms with Crippen LogP contribution in [0.5, 0.6) is 0 Å². The largest absolute Gasteiger partial charge is 0.336 e. The predicted molar refractivity (Wildman–Crippen MR) is 82.1 cm³/mol. The molecule has 19 heavy (non-hydrogen) atoms. The van der Waals surface area contributed by atoms with Crippen LogP contribution in [0.2, 0.25) is 15.2 Å². The number of pyridine rings is 1. The van der Waals surface area contributed by atoms with Crippen LogP contribution in [0.25, 0.3) is 22.6 Å². The average molecular weight is 377 g/mol. The maximum absolute atomic E-state index is 6.00. The van der Waals surface area contributed by atoms with E-state index in [0.717, 1.165) is 15.6 Å². The van der Waals surface area contributed by atoms with Crippen molar-refractivity contribution >= 4 is 61.9 Å². The van der Waals surface area contributed by atoms with E-state index in [-0.39, 0.29) is 5.15 Å². The number of nitrogens with one attached hydrogen (secondary N) is 1. The summed E-state index contributed by atoms with van der Waals surface area (Å²) in [5.74, 6) is 0.648. The summed E-state index contributed by atoms with van der Waals surface area (Å²) in [7, 11) is 0. The third-order valence-corrected chi connectivity index (χ3v) is 4.17. The third kappa shape index (κ3) is 2.46. The summed E-state index contributed by atoms with van der Waals surface area (Å²) < 4.78 is 0.883. The van der Waals surface area contributed by atoms with E-state index in [1.807, 2.05) is 12.1 Å². The molecule has 0 aliphatic heterocycles. The van der Waals surface area contributed by atoms with Crippen molar-refractivity contribution < 1.29 is 0 Å². The lowest BCUT2D eigenvalue weighted by molar-refractivity contribution is 1.30. The van der Waals surface area contributed by atoms with E-state index in [1.54, 1.807) is 12.1 Å². The van der Waals surface area contributed by atoms with Gasteiger partial charge in [-0.3, -0.25) is 0 Å². The number of fused-ring (bicyclic) bond motifs is 1. The van der Waals surface area contributed by atoms with Gasteiger partial charge in [0.15, 0.2) is 5.65 Å². The van der Waals surface area contributed by atoms with Crippen molar-refractivity contribution in [3.05, 3.63) is 43.9 Å². The Morgan fingerprint density at radius 1 is 1.05 bits per heavy atom. The molecule has 0 saturated carbocycles. The van der Waals surface area contributed by atoms with Gasteiger partial charge in [0, 0.05) is 15.1 Å². The van der Waals surface area contributed by atoms with Gasteiger partial charge >= 0.3 is 0 Å². The van der Waals surface area contributed by atoms with Crippen molar-refractivity contribution in [2.24, 2.45) is 0 Å². The van der Waals surface area contributed by atoms with Gasteiger partial charge in [-0.2, -0.15) is 0 Å². The normalized spacial score (nSPS) is 11.2. The highest BCUT2D eigenvalue weighted by Crippen LogP contribution is 2.31. The zero-order valence-electron chi connectivity index (χ0n) is 9.22. The Morgan fingerprint density at radius 3 is 2.63 bits per heavy atom. The summed E-state index contributed by atoms with van der Waals surface area (Å²) >= 11 is 21.3. The van der Waals surface area contributed by atoms with Crippen LogP contribution in [-0.4, -0.2) is 15.0 Å². The molecular formula is C12H5BrCl3N3. The highest BCUT2D eigenvalue weighted by Gasteiger charge is 2.12. The number of imidazole rings is 1. The molecule has 0 aliphatic rings. The number of hydrogen-bond acceptors (Lipinski definition) is 2. The highest BCUT2D eigenvalue weighted by atomic mass is 79.9. The van der Waals surface area contributed by atoms with Gasteiger partial charge in [0.25, 0.3) is 0 Å². The number of H-pyrrole nitrogens is 1. The third-order valence-electron chi connectivity index (χ3n) is 2.57. The van der Waals surface area contributed by atoms with Gasteiger partial charge in [-0.25, -0.2) is 9.97 Å². The molecule has 96 valence electrons. The maximum atomic E-state index is 6.00. The van der Waals surface area contributed by atoms with Gasteiger partial charge < -0.3 is 4.98 Å². The van der Waals surface area contributed by atoms with Crippen molar-refractivity contribution in [3.8, 4) is 11.4 Å². The Kier molecular flexibility index (Phi) is 3.43. The molecule has 0 amide bonds. The number of aromatic nitrogens is 3. The number of halogens is 4. The Hall–Kier alpha value is -0.810. The van der Waals surface area contributed by atoms with Gasteiger partial charge in [-0.1, -0.05) is 50.7 Å². The van der Waals surface area contributed by atoms with Crippen LogP contribution in [0.4, 0.5) is 0 Å². The van der Waals surface area contributed by atoms with Crippen LogP contribution in [0.15, 0.2) is 28.7 Å². The van der Waals surface area contributed by atoms with Crippen LogP contribution in [0, 0.1) is 0 Å². The van der Waals surface area contributed by atoms with E-state index in [0.29, 0.717) is 21.5 Å². The number of nitrogens with zero attached hydrogens (tertiary/aromatic N) is 2. The van der Waals surface area contributed by atoms with E-state index >= 15 is 0 Å². The molecule has 7 heteroatoms. The van der Waals surface area contributed by atoms with Gasteiger partial charge in [-0.15, -0.1) is 0 Å². The molecule has 1 aromatic carbocycles. The molecule has 2 aromatic heterocycles. The van der Waals surface area contributed by atoms with Crippen LogP contribution < -0.4 is 0 Å². The van der Waals surface area contributed by atoms with Crippen LogP contribution >= 0.6 is 50.7 Å². The lowest BCUT2D eigenvalue weighted by Crippen LogP contribution is -1.82. The topological polar surface area (TPSA) is 41.6 Å².